The molecule has 0 radical (unpaired) electrons. The Morgan fingerprint density at radius 3 is 2.49 bits per heavy atom. The number of hydrogen-bond acceptors (Lipinski definition) is 5. The Hall–Kier alpha value is -5.12. The summed E-state index contributed by atoms with van der Waals surface area (Å²) >= 11 is 0. The van der Waals surface area contributed by atoms with E-state index in [1.165, 1.54) is 17.2 Å². The van der Waals surface area contributed by atoms with Crippen LogP contribution in [0.3, 0.4) is 0 Å². The van der Waals surface area contributed by atoms with Gasteiger partial charge in [0.15, 0.2) is 5.69 Å². The lowest BCUT2D eigenvalue weighted by molar-refractivity contribution is 0.102. The maximum absolute atomic E-state index is 14.0. The number of nitrogens with one attached hydrogen (secondary N) is 3. The van der Waals surface area contributed by atoms with Crippen LogP contribution < -0.4 is 10.6 Å². The zero-order chi connectivity index (χ0) is 25.9. The molecule has 0 saturated carbocycles. The fraction of sp³-hybridized carbons (Fsp3) is 0.0741. The number of fused-ring (bicyclic) bond motifs is 1. The number of aromatic nitrogens is 4. The van der Waals surface area contributed by atoms with Crippen molar-refractivity contribution in [1.82, 2.24) is 25.1 Å². The highest BCUT2D eigenvalue weighted by Gasteiger charge is 2.16. The summed E-state index contributed by atoms with van der Waals surface area (Å²) in [5.74, 6) is -0.791. The molecule has 3 N–H and O–H groups in total. The Bertz CT molecular complexity index is 1610. The number of halogens is 1. The van der Waals surface area contributed by atoms with Gasteiger partial charge in [0, 0.05) is 36.8 Å². The monoisotopic (exact) mass is 495 g/mol. The van der Waals surface area contributed by atoms with E-state index in [-0.39, 0.29) is 17.5 Å². The van der Waals surface area contributed by atoms with E-state index in [1.807, 2.05) is 18.2 Å². The molecule has 0 saturated heterocycles. The van der Waals surface area contributed by atoms with Crippen molar-refractivity contribution in [2.75, 3.05) is 24.7 Å². The summed E-state index contributed by atoms with van der Waals surface area (Å²) in [7, 11) is 3.30. The fourth-order valence-corrected chi connectivity index (χ4v) is 3.75. The molecule has 0 unspecified atom stereocenters. The SMILES string of the molecule is CN(C)C(=O)Nc1cncc(-c2ccc3[nH]nc(C(=O)Nc4ccc(-c5ccccc5F)nc4)c3c2)c1. The molecule has 0 fully saturated rings. The number of rotatable bonds is 5. The molecule has 37 heavy (non-hydrogen) atoms. The number of benzene rings is 2. The van der Waals surface area contributed by atoms with Gasteiger partial charge in [-0.1, -0.05) is 18.2 Å². The third-order valence-corrected chi connectivity index (χ3v) is 5.68. The van der Waals surface area contributed by atoms with E-state index in [4.69, 9.17) is 0 Å². The van der Waals surface area contributed by atoms with Crippen molar-refractivity contribution in [2.45, 2.75) is 0 Å². The van der Waals surface area contributed by atoms with E-state index in [0.29, 0.717) is 33.5 Å². The van der Waals surface area contributed by atoms with Crippen molar-refractivity contribution < 1.29 is 14.0 Å². The smallest absolute Gasteiger partial charge is 0.321 e. The van der Waals surface area contributed by atoms with Gasteiger partial charge in [-0.2, -0.15) is 5.10 Å². The van der Waals surface area contributed by atoms with Crippen LogP contribution in [0.1, 0.15) is 10.5 Å². The van der Waals surface area contributed by atoms with E-state index in [2.05, 4.69) is 30.8 Å². The van der Waals surface area contributed by atoms with Gasteiger partial charge in [-0.25, -0.2) is 9.18 Å². The lowest BCUT2D eigenvalue weighted by Gasteiger charge is -2.12. The number of anilines is 2. The molecule has 0 aliphatic rings. The number of nitrogens with zero attached hydrogens (tertiary/aromatic N) is 4. The average molecular weight is 496 g/mol. The zero-order valence-electron chi connectivity index (χ0n) is 20.0. The van der Waals surface area contributed by atoms with Crippen LogP contribution in [0.25, 0.3) is 33.3 Å². The maximum atomic E-state index is 14.0. The molecule has 0 bridgehead atoms. The lowest BCUT2D eigenvalue weighted by atomic mass is 10.0. The van der Waals surface area contributed by atoms with Crippen molar-refractivity contribution in [1.29, 1.82) is 0 Å². The minimum absolute atomic E-state index is 0.208. The van der Waals surface area contributed by atoms with Crippen LogP contribution >= 0.6 is 0 Å². The molecule has 3 heterocycles. The van der Waals surface area contributed by atoms with Crippen LogP contribution in [0.4, 0.5) is 20.6 Å². The van der Waals surface area contributed by atoms with Crippen molar-refractivity contribution in [3.05, 3.63) is 90.8 Å². The molecule has 10 heteroatoms. The van der Waals surface area contributed by atoms with Crippen LogP contribution in [0.2, 0.25) is 0 Å². The number of pyridine rings is 2. The first-order valence-corrected chi connectivity index (χ1v) is 11.3. The molecule has 5 rings (SSSR count). The van der Waals surface area contributed by atoms with Crippen LogP contribution in [0, 0.1) is 5.82 Å². The number of H-pyrrole nitrogens is 1. The zero-order valence-corrected chi connectivity index (χ0v) is 20.0. The quantitative estimate of drug-likeness (QED) is 0.311. The van der Waals surface area contributed by atoms with Crippen molar-refractivity contribution >= 4 is 34.2 Å². The van der Waals surface area contributed by atoms with E-state index < -0.39 is 5.91 Å². The standard InChI is InChI=1S/C27H22FN7O2/c1-35(2)27(37)32-19-11-17(13-29-14-19)16-7-9-24-21(12-16)25(34-33-24)26(36)31-18-8-10-23(30-15-18)20-5-3-4-6-22(20)28/h3-15H,1-2H3,(H,31,36)(H,32,37)(H,33,34). The van der Waals surface area contributed by atoms with Gasteiger partial charge < -0.3 is 15.5 Å². The van der Waals surface area contributed by atoms with Crippen LogP contribution in [-0.2, 0) is 0 Å². The van der Waals surface area contributed by atoms with Gasteiger partial charge in [0.2, 0.25) is 0 Å². The second kappa shape index (κ2) is 9.86. The highest BCUT2D eigenvalue weighted by Crippen LogP contribution is 2.27. The molecule has 5 aromatic rings. The minimum atomic E-state index is -0.422. The summed E-state index contributed by atoms with van der Waals surface area (Å²) in [6.07, 6.45) is 4.71. The normalized spacial score (nSPS) is 10.8. The van der Waals surface area contributed by atoms with Gasteiger partial charge in [-0.3, -0.25) is 19.9 Å². The van der Waals surface area contributed by atoms with Crippen LogP contribution in [0.5, 0.6) is 0 Å². The van der Waals surface area contributed by atoms with Crippen molar-refractivity contribution in [3.63, 3.8) is 0 Å². The molecule has 0 spiro atoms. The molecule has 2 aromatic carbocycles. The second-order valence-electron chi connectivity index (χ2n) is 8.49. The first kappa shape index (κ1) is 23.6. The third kappa shape index (κ3) is 4.98. The fourth-order valence-electron chi connectivity index (χ4n) is 3.75. The number of aromatic amines is 1. The van der Waals surface area contributed by atoms with Gasteiger partial charge in [-0.15, -0.1) is 0 Å². The summed E-state index contributed by atoms with van der Waals surface area (Å²) in [6.45, 7) is 0. The molecular formula is C27H22FN7O2. The van der Waals surface area contributed by atoms with E-state index >= 15 is 0 Å². The largest absolute Gasteiger partial charge is 0.331 e. The highest BCUT2D eigenvalue weighted by molar-refractivity contribution is 6.11. The third-order valence-electron chi connectivity index (χ3n) is 5.68. The van der Waals surface area contributed by atoms with Gasteiger partial charge in [-0.05, 0) is 48.0 Å². The van der Waals surface area contributed by atoms with Gasteiger partial charge >= 0.3 is 6.03 Å². The van der Waals surface area contributed by atoms with E-state index in [1.54, 1.807) is 62.9 Å². The number of amides is 3. The molecule has 0 aliphatic carbocycles. The highest BCUT2D eigenvalue weighted by atomic mass is 19.1. The Morgan fingerprint density at radius 2 is 1.73 bits per heavy atom. The van der Waals surface area contributed by atoms with Gasteiger partial charge in [0.25, 0.3) is 5.91 Å². The lowest BCUT2D eigenvalue weighted by Crippen LogP contribution is -2.27. The maximum Gasteiger partial charge on any atom is 0.321 e. The first-order valence-electron chi connectivity index (χ1n) is 11.3. The molecule has 3 amide bonds. The summed E-state index contributed by atoms with van der Waals surface area (Å²) in [5, 5.41) is 13.2. The summed E-state index contributed by atoms with van der Waals surface area (Å²) in [6, 6.07) is 16.7. The summed E-state index contributed by atoms with van der Waals surface area (Å²) < 4.78 is 14.0. The number of carbonyl (C=O) groups is 2. The Labute approximate surface area is 211 Å². The Morgan fingerprint density at radius 1 is 0.892 bits per heavy atom. The van der Waals surface area contributed by atoms with Gasteiger partial charge in [0.1, 0.15) is 5.82 Å². The minimum Gasteiger partial charge on any atom is -0.331 e. The number of carbonyl (C=O) groups excluding carboxylic acids is 2. The number of hydrogen-bond donors (Lipinski definition) is 3. The topological polar surface area (TPSA) is 116 Å². The average Bonchev–Trinajstić information content (AvgIpc) is 3.33. The van der Waals surface area contributed by atoms with E-state index in [0.717, 1.165) is 11.1 Å². The second-order valence-corrected chi connectivity index (χ2v) is 8.49. The first-order chi connectivity index (χ1) is 17.9. The van der Waals surface area contributed by atoms with E-state index in [9.17, 15) is 14.0 Å². The predicted octanol–water partition coefficient (Wildman–Crippen LogP) is 5.17. The van der Waals surface area contributed by atoms with Crippen molar-refractivity contribution in [2.24, 2.45) is 0 Å². The van der Waals surface area contributed by atoms with Crippen molar-refractivity contribution in [3.8, 4) is 22.4 Å². The Balaban J connectivity index is 1.38. The van der Waals surface area contributed by atoms with Crippen LogP contribution in [-0.4, -0.2) is 51.1 Å². The molecule has 0 aliphatic heterocycles. The molecule has 0 atom stereocenters. The molecule has 184 valence electrons. The molecule has 9 nitrogen and oxygen atoms in total. The number of urea groups is 1. The molecule has 3 aromatic heterocycles. The predicted molar refractivity (Wildman–Crippen MR) is 140 cm³/mol. The summed E-state index contributed by atoms with van der Waals surface area (Å²) in [5.41, 5.74) is 4.30. The van der Waals surface area contributed by atoms with Crippen LogP contribution in [0.15, 0.2) is 79.3 Å². The molecular weight excluding hydrogens is 473 g/mol. The van der Waals surface area contributed by atoms with Gasteiger partial charge in [0.05, 0.1) is 35.0 Å². The Kier molecular flexibility index (Phi) is 6.29. The summed E-state index contributed by atoms with van der Waals surface area (Å²) in [4.78, 5) is 35.0.